The van der Waals surface area contributed by atoms with Crippen LogP contribution in [0.25, 0.3) is 22.0 Å². The first kappa shape index (κ1) is 23.7. The van der Waals surface area contributed by atoms with Crippen molar-refractivity contribution in [3.8, 4) is 17.0 Å². The summed E-state index contributed by atoms with van der Waals surface area (Å²) < 4.78 is 5.19. The summed E-state index contributed by atoms with van der Waals surface area (Å²) in [6.45, 7) is 3.20. The highest BCUT2D eigenvalue weighted by atomic mass is 16.5. The molecule has 8 nitrogen and oxygen atoms in total. The van der Waals surface area contributed by atoms with Gasteiger partial charge in [-0.15, -0.1) is 0 Å². The molecule has 1 fully saturated rings. The number of carbonyl (C=O) groups is 1. The van der Waals surface area contributed by atoms with Gasteiger partial charge >= 0.3 is 0 Å². The number of rotatable bonds is 7. The maximum absolute atomic E-state index is 13.7. The van der Waals surface area contributed by atoms with Crippen LogP contribution in [0.5, 0.6) is 5.88 Å². The highest BCUT2D eigenvalue weighted by Crippen LogP contribution is 2.28. The molecule has 4 aromatic rings. The quantitative estimate of drug-likeness (QED) is 0.432. The highest BCUT2D eigenvalue weighted by Gasteiger charge is 2.27. The Balaban J connectivity index is 1.47. The Hall–Kier alpha value is -4.04. The molecule has 1 aliphatic heterocycles. The number of hydrogen-bond acceptors (Lipinski definition) is 7. The van der Waals surface area contributed by atoms with Crippen molar-refractivity contribution in [3.05, 3.63) is 78.8 Å². The number of hydrogen-bond donors (Lipinski definition) is 1. The first-order valence-corrected chi connectivity index (χ1v) is 12.1. The molecule has 0 saturated carbocycles. The number of carbonyl (C=O) groups excluding carboxylic acids is 1. The van der Waals surface area contributed by atoms with Crippen LogP contribution in [0, 0.1) is 0 Å². The van der Waals surface area contributed by atoms with Gasteiger partial charge in [-0.1, -0.05) is 36.4 Å². The van der Waals surface area contributed by atoms with Gasteiger partial charge in [0.2, 0.25) is 11.8 Å². The van der Waals surface area contributed by atoms with Crippen molar-refractivity contribution >= 4 is 22.6 Å². The molecule has 36 heavy (non-hydrogen) atoms. The Bertz CT molecular complexity index is 1320. The van der Waals surface area contributed by atoms with E-state index in [2.05, 4.69) is 44.3 Å². The van der Waals surface area contributed by atoms with E-state index >= 15 is 0 Å². The zero-order chi connectivity index (χ0) is 24.9. The van der Waals surface area contributed by atoms with Crippen LogP contribution in [0.1, 0.15) is 5.56 Å². The molecule has 0 aliphatic carbocycles. The van der Waals surface area contributed by atoms with Gasteiger partial charge in [-0.05, 0) is 36.4 Å². The zero-order valence-corrected chi connectivity index (χ0v) is 20.6. The van der Waals surface area contributed by atoms with Crippen molar-refractivity contribution in [3.63, 3.8) is 0 Å². The molecule has 0 bridgehead atoms. The molecule has 1 saturated heterocycles. The van der Waals surface area contributed by atoms with E-state index < -0.39 is 6.04 Å². The Morgan fingerprint density at radius 3 is 2.47 bits per heavy atom. The number of pyridine rings is 1. The van der Waals surface area contributed by atoms with E-state index in [0.29, 0.717) is 18.1 Å². The predicted molar refractivity (Wildman–Crippen MR) is 141 cm³/mol. The van der Waals surface area contributed by atoms with Gasteiger partial charge in [-0.25, -0.2) is 15.0 Å². The molecule has 2 aromatic carbocycles. The summed E-state index contributed by atoms with van der Waals surface area (Å²) >= 11 is 0. The van der Waals surface area contributed by atoms with Crippen molar-refractivity contribution in [1.29, 1.82) is 0 Å². The molecular formula is C28H30N6O2. The fourth-order valence-corrected chi connectivity index (χ4v) is 4.49. The normalized spacial score (nSPS) is 15.0. The Morgan fingerprint density at radius 1 is 0.972 bits per heavy atom. The molecule has 184 valence electrons. The standard InChI is InChI=1S/C28H30N6O2/c1-33-12-14-34(15-13-33)28(35)25(16-20-6-4-3-5-7-20)32-27-23-17-21(8-10-24(23)30-19-31-27)22-9-11-26(36-2)29-18-22/h3-11,17-19,25H,12-16H2,1-2H3,(H,30,31,32)/t25-/m0/s1. The van der Waals surface area contributed by atoms with Crippen molar-refractivity contribution in [2.45, 2.75) is 12.5 Å². The number of amides is 1. The Morgan fingerprint density at radius 2 is 1.75 bits per heavy atom. The number of piperazine rings is 1. The molecule has 1 aliphatic rings. The van der Waals surface area contributed by atoms with Crippen LogP contribution in [-0.2, 0) is 11.2 Å². The lowest BCUT2D eigenvalue weighted by Gasteiger charge is -2.35. The monoisotopic (exact) mass is 482 g/mol. The minimum Gasteiger partial charge on any atom is -0.481 e. The number of benzene rings is 2. The molecular weight excluding hydrogens is 452 g/mol. The molecule has 1 amide bonds. The third-order valence-corrected chi connectivity index (χ3v) is 6.62. The summed E-state index contributed by atoms with van der Waals surface area (Å²) in [4.78, 5) is 31.2. The van der Waals surface area contributed by atoms with Gasteiger partial charge in [0.25, 0.3) is 0 Å². The maximum atomic E-state index is 13.7. The van der Waals surface area contributed by atoms with Crippen LogP contribution in [-0.4, -0.2) is 77.0 Å². The van der Waals surface area contributed by atoms with E-state index in [0.717, 1.165) is 53.8 Å². The van der Waals surface area contributed by atoms with Gasteiger partial charge < -0.3 is 19.9 Å². The van der Waals surface area contributed by atoms with Crippen molar-refractivity contribution in [2.75, 3.05) is 45.7 Å². The van der Waals surface area contributed by atoms with Crippen LogP contribution in [0.4, 0.5) is 5.82 Å². The molecule has 0 spiro atoms. The SMILES string of the molecule is COc1ccc(-c2ccc3ncnc(N[C@@H](Cc4ccccc4)C(=O)N4CCN(C)CC4)c3c2)cn1. The van der Waals surface area contributed by atoms with E-state index in [-0.39, 0.29) is 5.91 Å². The Kier molecular flexibility index (Phi) is 7.04. The third kappa shape index (κ3) is 5.28. The molecule has 0 unspecified atom stereocenters. The second-order valence-corrected chi connectivity index (χ2v) is 9.06. The molecule has 2 aromatic heterocycles. The maximum Gasteiger partial charge on any atom is 0.245 e. The average molecular weight is 483 g/mol. The van der Waals surface area contributed by atoms with Crippen LogP contribution in [0.2, 0.25) is 0 Å². The molecule has 1 atom stereocenters. The lowest BCUT2D eigenvalue weighted by molar-refractivity contribution is -0.133. The summed E-state index contributed by atoms with van der Waals surface area (Å²) in [6.07, 6.45) is 3.89. The van der Waals surface area contributed by atoms with Crippen LogP contribution >= 0.6 is 0 Å². The van der Waals surface area contributed by atoms with E-state index in [1.807, 2.05) is 53.4 Å². The number of methoxy groups -OCH3 is 1. The minimum absolute atomic E-state index is 0.0919. The number of anilines is 1. The van der Waals surface area contributed by atoms with Crippen LogP contribution < -0.4 is 10.1 Å². The minimum atomic E-state index is -0.444. The number of nitrogens with zero attached hydrogens (tertiary/aromatic N) is 5. The molecule has 3 heterocycles. The van der Waals surface area contributed by atoms with Gasteiger partial charge in [0, 0.05) is 55.8 Å². The fourth-order valence-electron chi connectivity index (χ4n) is 4.49. The second kappa shape index (κ2) is 10.7. The Labute approximate surface area is 211 Å². The average Bonchev–Trinajstić information content (AvgIpc) is 2.93. The first-order chi connectivity index (χ1) is 17.6. The second-order valence-electron chi connectivity index (χ2n) is 9.06. The number of ether oxygens (including phenoxy) is 1. The van der Waals surface area contributed by atoms with E-state index in [4.69, 9.17) is 4.74 Å². The predicted octanol–water partition coefficient (Wildman–Crippen LogP) is 3.50. The van der Waals surface area contributed by atoms with Gasteiger partial charge in [-0.2, -0.15) is 0 Å². The summed E-state index contributed by atoms with van der Waals surface area (Å²) in [6, 6.07) is 19.5. The smallest absolute Gasteiger partial charge is 0.245 e. The number of likely N-dealkylation sites (N-methyl/N-ethyl adjacent to an activating group) is 1. The zero-order valence-electron chi connectivity index (χ0n) is 20.6. The topological polar surface area (TPSA) is 83.5 Å². The van der Waals surface area contributed by atoms with Gasteiger partial charge in [-0.3, -0.25) is 4.79 Å². The number of aromatic nitrogens is 3. The summed E-state index contributed by atoms with van der Waals surface area (Å²) in [5.74, 6) is 1.30. The summed E-state index contributed by atoms with van der Waals surface area (Å²) in [7, 11) is 3.69. The number of nitrogens with one attached hydrogen (secondary N) is 1. The molecule has 5 rings (SSSR count). The summed E-state index contributed by atoms with van der Waals surface area (Å²) in [5.41, 5.74) is 3.85. The van der Waals surface area contributed by atoms with Crippen molar-refractivity contribution in [2.24, 2.45) is 0 Å². The third-order valence-electron chi connectivity index (χ3n) is 6.62. The van der Waals surface area contributed by atoms with Gasteiger partial charge in [0.1, 0.15) is 18.2 Å². The lowest BCUT2D eigenvalue weighted by atomic mass is 10.0. The van der Waals surface area contributed by atoms with Gasteiger partial charge in [0.15, 0.2) is 0 Å². The number of fused-ring (bicyclic) bond motifs is 1. The van der Waals surface area contributed by atoms with Crippen LogP contribution in [0.15, 0.2) is 73.2 Å². The molecule has 1 N–H and O–H groups in total. The van der Waals surface area contributed by atoms with E-state index in [9.17, 15) is 4.79 Å². The van der Waals surface area contributed by atoms with E-state index in [1.54, 1.807) is 19.6 Å². The van der Waals surface area contributed by atoms with Crippen molar-refractivity contribution < 1.29 is 9.53 Å². The van der Waals surface area contributed by atoms with Gasteiger partial charge in [0.05, 0.1) is 12.6 Å². The lowest BCUT2D eigenvalue weighted by Crippen LogP contribution is -2.52. The molecule has 0 radical (unpaired) electrons. The highest BCUT2D eigenvalue weighted by molar-refractivity contribution is 5.94. The first-order valence-electron chi connectivity index (χ1n) is 12.1. The molecule has 8 heteroatoms. The largest absolute Gasteiger partial charge is 0.481 e. The van der Waals surface area contributed by atoms with Crippen molar-refractivity contribution in [1.82, 2.24) is 24.8 Å². The van der Waals surface area contributed by atoms with Crippen LogP contribution in [0.3, 0.4) is 0 Å². The summed E-state index contributed by atoms with van der Waals surface area (Å²) in [5, 5.41) is 4.34. The van der Waals surface area contributed by atoms with E-state index in [1.165, 1.54) is 0 Å². The fraction of sp³-hybridized carbons (Fsp3) is 0.286.